The molecule has 0 aromatic rings. The summed E-state index contributed by atoms with van der Waals surface area (Å²) in [7, 11) is 0. The van der Waals surface area contributed by atoms with Gasteiger partial charge in [-0.3, -0.25) is 0 Å². The lowest BCUT2D eigenvalue weighted by Crippen LogP contribution is -2.56. The quantitative estimate of drug-likeness (QED) is 0.523. The second kappa shape index (κ2) is 7.32. The lowest BCUT2D eigenvalue weighted by atomic mass is 9.73. The minimum Gasteiger partial charge on any atom is -0.302 e. The molecule has 16 heavy (non-hydrogen) atoms. The first-order chi connectivity index (χ1) is 7.76. The molecule has 0 atom stereocenters. The Morgan fingerprint density at radius 2 is 1.56 bits per heavy atom. The Kier molecular flexibility index (Phi) is 6.41. The van der Waals surface area contributed by atoms with Crippen molar-refractivity contribution in [3.05, 3.63) is 0 Å². The molecule has 0 N–H and O–H groups in total. The fourth-order valence-electron chi connectivity index (χ4n) is 2.93. The fraction of sp³-hybridized carbons (Fsp3) is 1.00. The van der Waals surface area contributed by atoms with Gasteiger partial charge >= 0.3 is 0 Å². The number of nitrogens with zero attached hydrogens (tertiary/aromatic N) is 1. The Morgan fingerprint density at radius 1 is 0.875 bits per heavy atom. The van der Waals surface area contributed by atoms with Crippen LogP contribution in [-0.4, -0.2) is 24.5 Å². The highest BCUT2D eigenvalue weighted by Crippen LogP contribution is 2.38. The van der Waals surface area contributed by atoms with Gasteiger partial charge in [0.25, 0.3) is 0 Å². The van der Waals surface area contributed by atoms with E-state index >= 15 is 0 Å². The van der Waals surface area contributed by atoms with Crippen molar-refractivity contribution in [1.29, 1.82) is 0 Å². The molecule has 1 nitrogen and oxygen atoms in total. The van der Waals surface area contributed by atoms with Gasteiger partial charge < -0.3 is 4.90 Å². The van der Waals surface area contributed by atoms with Crippen molar-refractivity contribution in [3.63, 3.8) is 0 Å². The molecule has 1 heteroatoms. The Hall–Kier alpha value is -0.0400. The number of hydrogen-bond acceptors (Lipinski definition) is 1. The van der Waals surface area contributed by atoms with Crippen molar-refractivity contribution in [3.8, 4) is 0 Å². The molecule has 0 spiro atoms. The molecule has 0 aromatic heterocycles. The van der Waals surface area contributed by atoms with Gasteiger partial charge in [0.15, 0.2) is 0 Å². The topological polar surface area (TPSA) is 3.24 Å². The first-order valence-corrected chi connectivity index (χ1v) is 7.48. The predicted octanol–water partition coefficient (Wildman–Crippen LogP) is 4.47. The van der Waals surface area contributed by atoms with Crippen LogP contribution < -0.4 is 0 Å². The van der Waals surface area contributed by atoms with Crippen LogP contribution in [0.5, 0.6) is 0 Å². The molecule has 1 saturated heterocycles. The maximum atomic E-state index is 2.68. The molecule has 1 aliphatic heterocycles. The third-order valence-corrected chi connectivity index (χ3v) is 4.26. The summed E-state index contributed by atoms with van der Waals surface area (Å²) in [6, 6.07) is 0. The Bertz CT molecular complexity index is 170. The Morgan fingerprint density at radius 3 is 2.12 bits per heavy atom. The van der Waals surface area contributed by atoms with Gasteiger partial charge in [0.1, 0.15) is 0 Å². The summed E-state index contributed by atoms with van der Waals surface area (Å²) < 4.78 is 0. The largest absolute Gasteiger partial charge is 0.302 e. The monoisotopic (exact) mass is 225 g/mol. The summed E-state index contributed by atoms with van der Waals surface area (Å²) in [4.78, 5) is 2.68. The lowest BCUT2D eigenvalue weighted by Gasteiger charge is -2.50. The molecule has 0 aliphatic carbocycles. The first-order valence-electron chi connectivity index (χ1n) is 7.48. The zero-order valence-electron chi connectivity index (χ0n) is 11.7. The van der Waals surface area contributed by atoms with Gasteiger partial charge in [0.2, 0.25) is 0 Å². The molecule has 1 aliphatic rings. The normalized spacial score (nSPS) is 19.7. The van der Waals surface area contributed by atoms with E-state index in [0.29, 0.717) is 5.41 Å². The minimum absolute atomic E-state index is 0.709. The van der Waals surface area contributed by atoms with Crippen LogP contribution in [0.1, 0.15) is 72.1 Å². The maximum Gasteiger partial charge on any atom is 0.00504 e. The average Bonchev–Trinajstić information content (AvgIpc) is 2.26. The van der Waals surface area contributed by atoms with Crippen LogP contribution in [0.4, 0.5) is 0 Å². The molecular weight excluding hydrogens is 194 g/mol. The van der Waals surface area contributed by atoms with Gasteiger partial charge in [-0.25, -0.2) is 0 Å². The first kappa shape index (κ1) is 14.0. The molecule has 0 amide bonds. The van der Waals surface area contributed by atoms with Crippen molar-refractivity contribution in [2.24, 2.45) is 5.41 Å². The summed E-state index contributed by atoms with van der Waals surface area (Å²) in [6.45, 7) is 11.1. The van der Waals surface area contributed by atoms with E-state index in [9.17, 15) is 0 Å². The van der Waals surface area contributed by atoms with E-state index in [4.69, 9.17) is 0 Å². The van der Waals surface area contributed by atoms with Gasteiger partial charge in [0.05, 0.1) is 0 Å². The summed E-state index contributed by atoms with van der Waals surface area (Å²) >= 11 is 0. The molecule has 0 radical (unpaired) electrons. The lowest BCUT2D eigenvalue weighted by molar-refractivity contribution is -0.0120. The van der Waals surface area contributed by atoms with E-state index in [1.54, 1.807) is 0 Å². The number of hydrogen-bond donors (Lipinski definition) is 0. The molecule has 0 bridgehead atoms. The van der Waals surface area contributed by atoms with Gasteiger partial charge in [-0.15, -0.1) is 0 Å². The summed E-state index contributed by atoms with van der Waals surface area (Å²) in [5.74, 6) is 0. The minimum atomic E-state index is 0.709. The zero-order chi connectivity index (χ0) is 11.9. The summed E-state index contributed by atoms with van der Waals surface area (Å²) in [5, 5.41) is 0. The maximum absolute atomic E-state index is 2.68. The van der Waals surface area contributed by atoms with E-state index in [2.05, 4.69) is 25.7 Å². The average molecular weight is 225 g/mol. The number of unbranched alkanes of at least 4 members (excludes halogenated alkanes) is 4. The van der Waals surface area contributed by atoms with Crippen LogP contribution in [0.2, 0.25) is 0 Å². The summed E-state index contributed by atoms with van der Waals surface area (Å²) in [5.41, 5.74) is 0.709. The molecule has 0 unspecified atom stereocenters. The summed E-state index contributed by atoms with van der Waals surface area (Å²) in [6.07, 6.45) is 11.3. The highest BCUT2D eigenvalue weighted by atomic mass is 15.2. The van der Waals surface area contributed by atoms with E-state index < -0.39 is 0 Å². The third-order valence-electron chi connectivity index (χ3n) is 4.26. The third kappa shape index (κ3) is 4.08. The van der Waals surface area contributed by atoms with Crippen molar-refractivity contribution in [2.45, 2.75) is 72.1 Å². The highest BCUT2D eigenvalue weighted by molar-refractivity contribution is 4.93. The molecule has 0 aromatic carbocycles. The Labute approximate surface area is 103 Å². The van der Waals surface area contributed by atoms with Crippen LogP contribution in [-0.2, 0) is 0 Å². The standard InChI is InChI=1S/C15H31N/c1-4-7-9-10-12-16-13-15(6-3,14-16)11-8-5-2/h4-14H2,1-3H3. The van der Waals surface area contributed by atoms with Gasteiger partial charge in [-0.2, -0.15) is 0 Å². The number of rotatable bonds is 9. The van der Waals surface area contributed by atoms with Crippen molar-refractivity contribution in [2.75, 3.05) is 19.6 Å². The van der Waals surface area contributed by atoms with E-state index in [1.165, 1.54) is 71.0 Å². The molecule has 1 heterocycles. The number of likely N-dealkylation sites (tertiary alicyclic amines) is 1. The van der Waals surface area contributed by atoms with Crippen LogP contribution in [0.3, 0.4) is 0 Å². The predicted molar refractivity (Wildman–Crippen MR) is 72.8 cm³/mol. The van der Waals surface area contributed by atoms with Crippen molar-refractivity contribution in [1.82, 2.24) is 4.90 Å². The van der Waals surface area contributed by atoms with Crippen molar-refractivity contribution >= 4 is 0 Å². The smallest absolute Gasteiger partial charge is 0.00504 e. The molecule has 96 valence electrons. The van der Waals surface area contributed by atoms with Crippen LogP contribution in [0.25, 0.3) is 0 Å². The van der Waals surface area contributed by atoms with Crippen LogP contribution >= 0.6 is 0 Å². The SMILES string of the molecule is CCCCCCN1CC(CC)(CCCC)C1. The van der Waals surface area contributed by atoms with E-state index in [-0.39, 0.29) is 0 Å². The molecule has 1 fully saturated rings. The molecule has 1 rings (SSSR count). The Balaban J connectivity index is 2.08. The van der Waals surface area contributed by atoms with Gasteiger partial charge in [-0.1, -0.05) is 52.9 Å². The molecule has 0 saturated carbocycles. The van der Waals surface area contributed by atoms with Gasteiger partial charge in [0, 0.05) is 13.1 Å². The second-order valence-corrected chi connectivity index (χ2v) is 5.73. The van der Waals surface area contributed by atoms with E-state index in [0.717, 1.165) is 0 Å². The fourth-order valence-corrected chi connectivity index (χ4v) is 2.93. The van der Waals surface area contributed by atoms with Gasteiger partial charge in [-0.05, 0) is 31.2 Å². The van der Waals surface area contributed by atoms with Crippen LogP contribution in [0, 0.1) is 5.41 Å². The highest BCUT2D eigenvalue weighted by Gasteiger charge is 2.39. The van der Waals surface area contributed by atoms with Crippen molar-refractivity contribution < 1.29 is 0 Å². The zero-order valence-corrected chi connectivity index (χ0v) is 11.7. The van der Waals surface area contributed by atoms with E-state index in [1.807, 2.05) is 0 Å². The second-order valence-electron chi connectivity index (χ2n) is 5.73. The van der Waals surface area contributed by atoms with Crippen LogP contribution in [0.15, 0.2) is 0 Å². The molecular formula is C15H31N.